The molecular formula is C19H24N4O4. The van der Waals surface area contributed by atoms with Crippen LogP contribution in [0.5, 0.6) is 11.5 Å². The molecule has 1 N–H and O–H groups in total. The Morgan fingerprint density at radius 1 is 1.30 bits per heavy atom. The Kier molecular flexibility index (Phi) is 4.98. The van der Waals surface area contributed by atoms with Gasteiger partial charge in [0.2, 0.25) is 18.6 Å². The summed E-state index contributed by atoms with van der Waals surface area (Å²) in [7, 11) is 3.75. The quantitative estimate of drug-likeness (QED) is 0.795. The zero-order valence-corrected chi connectivity index (χ0v) is 15.6. The van der Waals surface area contributed by atoms with Crippen LogP contribution in [0.1, 0.15) is 48.5 Å². The minimum atomic E-state index is -0.421. The van der Waals surface area contributed by atoms with Gasteiger partial charge < -0.3 is 19.3 Å². The predicted molar refractivity (Wildman–Crippen MR) is 96.6 cm³/mol. The van der Waals surface area contributed by atoms with Gasteiger partial charge in [-0.15, -0.1) is 0 Å². The molecule has 0 spiro atoms. The molecule has 1 unspecified atom stereocenters. The van der Waals surface area contributed by atoms with Gasteiger partial charge in [0.25, 0.3) is 0 Å². The number of nitrogens with zero attached hydrogens (tertiary/aromatic N) is 3. The minimum Gasteiger partial charge on any atom is -0.454 e. The number of likely N-dealkylation sites (N-methyl/N-ethyl adjacent to an activating group) is 1. The molecule has 1 amide bonds. The van der Waals surface area contributed by atoms with Crippen LogP contribution in [-0.4, -0.2) is 48.4 Å². The largest absolute Gasteiger partial charge is 0.454 e. The number of nitrogens with one attached hydrogen (secondary N) is 1. The molecule has 1 aromatic carbocycles. The molecule has 1 saturated carbocycles. The van der Waals surface area contributed by atoms with Gasteiger partial charge in [-0.05, 0) is 44.6 Å². The van der Waals surface area contributed by atoms with Crippen molar-refractivity contribution in [2.24, 2.45) is 0 Å². The molecule has 2 aromatic rings. The highest BCUT2D eigenvalue weighted by atomic mass is 16.7. The van der Waals surface area contributed by atoms with Gasteiger partial charge in [-0.1, -0.05) is 17.6 Å². The zero-order chi connectivity index (χ0) is 18.8. The molecule has 1 aromatic heterocycles. The number of aromatic nitrogens is 2. The third kappa shape index (κ3) is 3.75. The molecule has 1 aliphatic heterocycles. The van der Waals surface area contributed by atoms with Gasteiger partial charge in [-0.2, -0.15) is 4.98 Å². The van der Waals surface area contributed by atoms with Crippen LogP contribution >= 0.6 is 0 Å². The summed E-state index contributed by atoms with van der Waals surface area (Å²) >= 11 is 0. The third-order valence-corrected chi connectivity index (χ3v) is 5.06. The van der Waals surface area contributed by atoms with Crippen LogP contribution in [0.4, 0.5) is 0 Å². The second-order valence-electron chi connectivity index (χ2n) is 7.20. The number of rotatable bonds is 7. The van der Waals surface area contributed by atoms with Crippen LogP contribution in [0, 0.1) is 0 Å². The number of carbonyl (C=O) groups excluding carboxylic acids is 1. The van der Waals surface area contributed by atoms with Crippen molar-refractivity contribution in [1.82, 2.24) is 20.4 Å². The lowest BCUT2D eigenvalue weighted by atomic mass is 9.85. The molecule has 2 aliphatic rings. The Labute approximate surface area is 157 Å². The highest BCUT2D eigenvalue weighted by molar-refractivity contribution is 5.83. The summed E-state index contributed by atoms with van der Waals surface area (Å²) in [5.74, 6) is 3.08. The van der Waals surface area contributed by atoms with Gasteiger partial charge in [0.15, 0.2) is 17.3 Å². The van der Waals surface area contributed by atoms with Crippen LogP contribution in [0.3, 0.4) is 0 Å². The van der Waals surface area contributed by atoms with E-state index < -0.39 is 6.04 Å². The normalized spacial score (nSPS) is 17.0. The van der Waals surface area contributed by atoms with Crippen LogP contribution < -0.4 is 14.8 Å². The number of carbonyl (C=O) groups is 1. The smallest absolute Gasteiger partial charge is 0.241 e. The average molecular weight is 372 g/mol. The third-order valence-electron chi connectivity index (χ3n) is 5.06. The number of ether oxygens (including phenoxy) is 2. The Bertz CT molecular complexity index is 816. The van der Waals surface area contributed by atoms with Crippen molar-refractivity contribution in [1.29, 1.82) is 0 Å². The first kappa shape index (κ1) is 17.8. The van der Waals surface area contributed by atoms with E-state index in [1.54, 1.807) is 0 Å². The SMILES string of the molecule is CN(C)C(C(=O)NCCc1noc(C2CCC2)n1)c1ccc2c(c1)OCO2. The van der Waals surface area contributed by atoms with Crippen molar-refractivity contribution < 1.29 is 18.8 Å². The van der Waals surface area contributed by atoms with Crippen LogP contribution in [0.25, 0.3) is 0 Å². The highest BCUT2D eigenvalue weighted by Gasteiger charge is 2.27. The van der Waals surface area contributed by atoms with Gasteiger partial charge in [0.05, 0.1) is 0 Å². The Morgan fingerprint density at radius 3 is 2.85 bits per heavy atom. The molecule has 144 valence electrons. The van der Waals surface area contributed by atoms with E-state index in [0.29, 0.717) is 36.2 Å². The van der Waals surface area contributed by atoms with Crippen molar-refractivity contribution in [3.05, 3.63) is 35.5 Å². The maximum Gasteiger partial charge on any atom is 0.241 e. The predicted octanol–water partition coefficient (Wildman–Crippen LogP) is 2.03. The molecule has 0 bridgehead atoms. The lowest BCUT2D eigenvalue weighted by molar-refractivity contribution is -0.125. The molecule has 0 saturated heterocycles. The summed E-state index contributed by atoms with van der Waals surface area (Å²) in [6, 6.07) is 5.16. The molecule has 0 radical (unpaired) electrons. The van der Waals surface area contributed by atoms with Gasteiger partial charge in [-0.3, -0.25) is 9.69 Å². The molecule has 2 heterocycles. The molecular weight excluding hydrogens is 348 g/mol. The lowest BCUT2D eigenvalue weighted by Gasteiger charge is -2.24. The summed E-state index contributed by atoms with van der Waals surface area (Å²) in [5.41, 5.74) is 0.855. The number of fused-ring (bicyclic) bond motifs is 1. The Hall–Kier alpha value is -2.61. The van der Waals surface area contributed by atoms with Crippen molar-refractivity contribution in [3.63, 3.8) is 0 Å². The monoisotopic (exact) mass is 372 g/mol. The first-order chi connectivity index (χ1) is 13.1. The van der Waals surface area contributed by atoms with Crippen LogP contribution in [-0.2, 0) is 11.2 Å². The topological polar surface area (TPSA) is 89.7 Å². The average Bonchev–Trinajstić information content (AvgIpc) is 3.22. The fraction of sp³-hybridized carbons (Fsp3) is 0.526. The van der Waals surface area contributed by atoms with E-state index in [0.717, 1.165) is 24.3 Å². The summed E-state index contributed by atoms with van der Waals surface area (Å²) in [6.07, 6.45) is 4.02. The molecule has 1 fully saturated rings. The second kappa shape index (κ2) is 7.56. The summed E-state index contributed by atoms with van der Waals surface area (Å²) in [4.78, 5) is 19.1. The van der Waals surface area contributed by atoms with Gasteiger partial charge in [0, 0.05) is 18.9 Å². The fourth-order valence-corrected chi connectivity index (χ4v) is 3.35. The minimum absolute atomic E-state index is 0.0819. The molecule has 8 nitrogen and oxygen atoms in total. The molecule has 1 aliphatic carbocycles. The van der Waals surface area contributed by atoms with E-state index in [1.165, 1.54) is 6.42 Å². The van der Waals surface area contributed by atoms with Gasteiger partial charge in [-0.25, -0.2) is 0 Å². The van der Waals surface area contributed by atoms with E-state index in [2.05, 4.69) is 15.5 Å². The maximum absolute atomic E-state index is 12.8. The summed E-state index contributed by atoms with van der Waals surface area (Å²) < 4.78 is 16.1. The number of hydrogen-bond acceptors (Lipinski definition) is 7. The molecule has 1 atom stereocenters. The number of benzene rings is 1. The first-order valence-corrected chi connectivity index (χ1v) is 9.28. The van der Waals surface area contributed by atoms with Crippen molar-refractivity contribution in [3.8, 4) is 11.5 Å². The number of hydrogen-bond donors (Lipinski definition) is 1. The summed E-state index contributed by atoms with van der Waals surface area (Å²) in [5, 5.41) is 6.99. The van der Waals surface area contributed by atoms with Gasteiger partial charge in [0.1, 0.15) is 6.04 Å². The first-order valence-electron chi connectivity index (χ1n) is 9.28. The van der Waals surface area contributed by atoms with E-state index in [1.807, 2.05) is 37.2 Å². The Balaban J connectivity index is 1.35. The van der Waals surface area contributed by atoms with E-state index in [-0.39, 0.29) is 12.7 Å². The molecule has 8 heteroatoms. The Morgan fingerprint density at radius 2 is 2.11 bits per heavy atom. The van der Waals surface area contributed by atoms with E-state index in [4.69, 9.17) is 14.0 Å². The van der Waals surface area contributed by atoms with Crippen molar-refractivity contribution in [2.75, 3.05) is 27.4 Å². The van der Waals surface area contributed by atoms with E-state index >= 15 is 0 Å². The van der Waals surface area contributed by atoms with Crippen molar-refractivity contribution >= 4 is 5.91 Å². The number of amides is 1. The summed E-state index contributed by atoms with van der Waals surface area (Å²) in [6.45, 7) is 0.669. The zero-order valence-electron chi connectivity index (χ0n) is 15.6. The van der Waals surface area contributed by atoms with Gasteiger partial charge >= 0.3 is 0 Å². The van der Waals surface area contributed by atoms with Crippen LogP contribution in [0.2, 0.25) is 0 Å². The second-order valence-corrected chi connectivity index (χ2v) is 7.20. The van der Waals surface area contributed by atoms with Crippen molar-refractivity contribution in [2.45, 2.75) is 37.6 Å². The van der Waals surface area contributed by atoms with Crippen LogP contribution in [0.15, 0.2) is 22.7 Å². The molecule has 4 rings (SSSR count). The standard InChI is InChI=1S/C19H24N4O4/c1-23(2)17(13-6-7-14-15(10-13)26-11-25-14)18(24)20-9-8-16-21-19(27-22-16)12-4-3-5-12/h6-7,10,12,17H,3-5,8-9,11H2,1-2H3,(H,20,24). The fourth-order valence-electron chi connectivity index (χ4n) is 3.35. The highest BCUT2D eigenvalue weighted by Crippen LogP contribution is 2.36. The van der Waals surface area contributed by atoms with E-state index in [9.17, 15) is 4.79 Å². The lowest BCUT2D eigenvalue weighted by Crippen LogP contribution is -2.38. The maximum atomic E-state index is 12.8. The molecule has 27 heavy (non-hydrogen) atoms.